The third kappa shape index (κ3) is 1.83. The molecule has 0 spiro atoms. The fraction of sp³-hybridized carbons (Fsp3) is 0.222. The Labute approximate surface area is 71.6 Å². The van der Waals surface area contributed by atoms with Crippen molar-refractivity contribution in [3.63, 3.8) is 0 Å². The Balaban J connectivity index is 3.04. The number of hydrogen-bond acceptors (Lipinski definition) is 1. The van der Waals surface area contributed by atoms with Gasteiger partial charge < -0.3 is 11.1 Å². The van der Waals surface area contributed by atoms with Crippen LogP contribution in [0.5, 0.6) is 0 Å². The number of carbonyl (C=O) groups is 1. The SMILES string of the molecule is CC(=O)Nc1c(C)cccc1[NH3+]. The van der Waals surface area contributed by atoms with Gasteiger partial charge in [-0.1, -0.05) is 12.1 Å². The number of nitrogens with one attached hydrogen (secondary N) is 1. The number of para-hydroxylation sites is 1. The Bertz CT molecular complexity index is 287. The highest BCUT2D eigenvalue weighted by Crippen LogP contribution is 2.20. The first-order valence-corrected chi connectivity index (χ1v) is 3.80. The molecule has 0 radical (unpaired) electrons. The summed E-state index contributed by atoms with van der Waals surface area (Å²) < 4.78 is 0. The summed E-state index contributed by atoms with van der Waals surface area (Å²) in [5, 5.41) is 2.74. The molecule has 0 aliphatic carbocycles. The summed E-state index contributed by atoms with van der Waals surface area (Å²) in [5.41, 5.74) is 6.54. The van der Waals surface area contributed by atoms with E-state index >= 15 is 0 Å². The van der Waals surface area contributed by atoms with Crippen LogP contribution in [0.3, 0.4) is 0 Å². The molecule has 0 saturated carbocycles. The van der Waals surface area contributed by atoms with E-state index in [0.29, 0.717) is 0 Å². The van der Waals surface area contributed by atoms with Crippen molar-refractivity contribution in [3.05, 3.63) is 23.8 Å². The lowest BCUT2D eigenvalue weighted by Crippen LogP contribution is -2.41. The summed E-state index contributed by atoms with van der Waals surface area (Å²) in [4.78, 5) is 10.8. The van der Waals surface area contributed by atoms with Gasteiger partial charge >= 0.3 is 0 Å². The van der Waals surface area contributed by atoms with E-state index in [9.17, 15) is 4.79 Å². The fourth-order valence-electron chi connectivity index (χ4n) is 1.08. The second kappa shape index (κ2) is 3.36. The number of quaternary nitrogens is 1. The minimum absolute atomic E-state index is 0.0609. The molecule has 4 N–H and O–H groups in total. The zero-order valence-corrected chi connectivity index (χ0v) is 7.35. The van der Waals surface area contributed by atoms with Crippen LogP contribution >= 0.6 is 0 Å². The van der Waals surface area contributed by atoms with Crippen molar-refractivity contribution >= 4 is 17.3 Å². The van der Waals surface area contributed by atoms with Crippen LogP contribution in [0.1, 0.15) is 12.5 Å². The van der Waals surface area contributed by atoms with E-state index < -0.39 is 0 Å². The van der Waals surface area contributed by atoms with Gasteiger partial charge in [0, 0.05) is 13.0 Å². The number of aryl methyl sites for hydroxylation is 1. The summed E-state index contributed by atoms with van der Waals surface area (Å²) in [7, 11) is 0. The number of hydrogen-bond donors (Lipinski definition) is 2. The predicted molar refractivity (Wildman–Crippen MR) is 48.0 cm³/mol. The van der Waals surface area contributed by atoms with Crippen molar-refractivity contribution in [1.29, 1.82) is 0 Å². The lowest BCUT2D eigenvalue weighted by atomic mass is 10.1. The van der Waals surface area contributed by atoms with Crippen LogP contribution in [0.2, 0.25) is 0 Å². The molecule has 0 saturated heterocycles. The first kappa shape index (κ1) is 8.74. The zero-order chi connectivity index (χ0) is 9.14. The van der Waals surface area contributed by atoms with Gasteiger partial charge in [-0.15, -0.1) is 0 Å². The lowest BCUT2D eigenvalue weighted by Gasteiger charge is -2.05. The van der Waals surface area contributed by atoms with E-state index in [4.69, 9.17) is 0 Å². The maximum absolute atomic E-state index is 10.8. The molecule has 1 rings (SSSR count). The van der Waals surface area contributed by atoms with Gasteiger partial charge in [-0.25, -0.2) is 0 Å². The fourth-order valence-corrected chi connectivity index (χ4v) is 1.08. The first-order chi connectivity index (χ1) is 5.61. The highest BCUT2D eigenvalue weighted by atomic mass is 16.1. The highest BCUT2D eigenvalue weighted by molar-refractivity contribution is 5.92. The zero-order valence-electron chi connectivity index (χ0n) is 7.35. The largest absolute Gasteiger partial charge is 0.323 e. The van der Waals surface area contributed by atoms with E-state index in [1.54, 1.807) is 0 Å². The van der Waals surface area contributed by atoms with Crippen molar-refractivity contribution in [1.82, 2.24) is 0 Å². The Morgan fingerprint density at radius 2 is 2.17 bits per heavy atom. The van der Waals surface area contributed by atoms with Crippen molar-refractivity contribution in [2.45, 2.75) is 13.8 Å². The van der Waals surface area contributed by atoms with Gasteiger partial charge in [-0.2, -0.15) is 0 Å². The Hall–Kier alpha value is -1.35. The molecule has 0 aliphatic heterocycles. The van der Waals surface area contributed by atoms with Crippen LogP contribution in [0, 0.1) is 6.92 Å². The van der Waals surface area contributed by atoms with Gasteiger partial charge in [-0.05, 0) is 12.5 Å². The monoisotopic (exact) mass is 165 g/mol. The summed E-state index contributed by atoms with van der Waals surface area (Å²) in [6, 6.07) is 5.74. The van der Waals surface area contributed by atoms with E-state index in [-0.39, 0.29) is 5.91 Å². The quantitative estimate of drug-likeness (QED) is 0.636. The molecule has 0 fully saturated rings. The van der Waals surface area contributed by atoms with Crippen molar-refractivity contribution < 1.29 is 10.5 Å². The number of rotatable bonds is 1. The van der Waals surface area contributed by atoms with E-state index in [0.717, 1.165) is 16.9 Å². The average molecular weight is 165 g/mol. The summed E-state index contributed by atoms with van der Waals surface area (Å²) >= 11 is 0. The molecule has 0 heterocycles. The van der Waals surface area contributed by atoms with Gasteiger partial charge in [0.2, 0.25) is 5.91 Å². The smallest absolute Gasteiger partial charge is 0.221 e. The molecule has 0 aliphatic rings. The Kier molecular flexibility index (Phi) is 2.45. The molecule has 0 atom stereocenters. The Morgan fingerprint density at radius 3 is 2.67 bits per heavy atom. The van der Waals surface area contributed by atoms with E-state index in [1.807, 2.05) is 25.1 Å². The topological polar surface area (TPSA) is 56.7 Å². The highest BCUT2D eigenvalue weighted by Gasteiger charge is 2.05. The van der Waals surface area contributed by atoms with E-state index in [2.05, 4.69) is 11.1 Å². The van der Waals surface area contributed by atoms with Crippen molar-refractivity contribution in [2.24, 2.45) is 0 Å². The molecule has 0 bridgehead atoms. The van der Waals surface area contributed by atoms with Crippen LogP contribution in [0.4, 0.5) is 11.4 Å². The van der Waals surface area contributed by atoms with Crippen LogP contribution < -0.4 is 11.1 Å². The Morgan fingerprint density at radius 1 is 1.50 bits per heavy atom. The van der Waals surface area contributed by atoms with Crippen LogP contribution in [-0.2, 0) is 4.79 Å². The normalized spacial score (nSPS) is 9.58. The third-order valence-electron chi connectivity index (χ3n) is 1.66. The molecule has 1 amide bonds. The predicted octanol–water partition coefficient (Wildman–Crippen LogP) is 0.827. The molecular formula is C9H13N2O+. The second-order valence-corrected chi connectivity index (χ2v) is 2.79. The minimum atomic E-state index is -0.0609. The molecule has 3 nitrogen and oxygen atoms in total. The molecule has 0 unspecified atom stereocenters. The maximum Gasteiger partial charge on any atom is 0.221 e. The molecule has 1 aromatic rings. The van der Waals surface area contributed by atoms with Crippen LogP contribution in [0.25, 0.3) is 0 Å². The van der Waals surface area contributed by atoms with Crippen LogP contribution in [-0.4, -0.2) is 5.91 Å². The van der Waals surface area contributed by atoms with Crippen molar-refractivity contribution in [3.8, 4) is 0 Å². The van der Waals surface area contributed by atoms with E-state index in [1.165, 1.54) is 6.92 Å². The lowest BCUT2D eigenvalue weighted by molar-refractivity contribution is -0.253. The molecule has 3 heteroatoms. The molecule has 0 aromatic heterocycles. The number of benzene rings is 1. The summed E-state index contributed by atoms with van der Waals surface area (Å²) in [5.74, 6) is -0.0609. The summed E-state index contributed by atoms with van der Waals surface area (Å²) in [6.45, 7) is 3.44. The van der Waals surface area contributed by atoms with Gasteiger partial charge in [-0.3, -0.25) is 4.79 Å². The third-order valence-corrected chi connectivity index (χ3v) is 1.66. The van der Waals surface area contributed by atoms with Gasteiger partial charge in [0.1, 0.15) is 5.69 Å². The molecule has 1 aromatic carbocycles. The molecular weight excluding hydrogens is 152 g/mol. The summed E-state index contributed by atoms with van der Waals surface area (Å²) in [6.07, 6.45) is 0. The number of amides is 1. The van der Waals surface area contributed by atoms with Crippen LogP contribution in [0.15, 0.2) is 18.2 Å². The average Bonchev–Trinajstić information content (AvgIpc) is 1.97. The second-order valence-electron chi connectivity index (χ2n) is 2.79. The van der Waals surface area contributed by atoms with Gasteiger partial charge in [0.05, 0.1) is 0 Å². The van der Waals surface area contributed by atoms with Gasteiger partial charge in [0.25, 0.3) is 0 Å². The first-order valence-electron chi connectivity index (χ1n) is 3.80. The number of carbonyl (C=O) groups excluding carboxylic acids is 1. The molecule has 64 valence electrons. The standard InChI is InChI=1S/C9H12N2O/c1-6-4-3-5-8(10)9(6)11-7(2)12/h3-5H,10H2,1-2H3,(H,11,12)/p+1. The number of anilines is 1. The maximum atomic E-state index is 10.8. The molecule has 12 heavy (non-hydrogen) atoms. The van der Waals surface area contributed by atoms with Gasteiger partial charge in [0.15, 0.2) is 5.69 Å². The van der Waals surface area contributed by atoms with Crippen molar-refractivity contribution in [2.75, 3.05) is 5.32 Å². The minimum Gasteiger partial charge on any atom is -0.323 e.